The van der Waals surface area contributed by atoms with Crippen molar-refractivity contribution in [2.24, 2.45) is 0 Å². The van der Waals surface area contributed by atoms with Gasteiger partial charge in [-0.05, 0) is 6.42 Å². The van der Waals surface area contributed by atoms with E-state index in [0.29, 0.717) is 72.7 Å². The summed E-state index contributed by atoms with van der Waals surface area (Å²) in [6.45, 7) is 10.4. The van der Waals surface area contributed by atoms with Crippen LogP contribution in [0.4, 0.5) is 0 Å². The summed E-state index contributed by atoms with van der Waals surface area (Å²) >= 11 is 0. The Bertz CT molecular complexity index is 301. The van der Waals surface area contributed by atoms with Crippen LogP contribution in [-0.2, 0) is 38.0 Å². The second kappa shape index (κ2) is 23.3. The van der Waals surface area contributed by atoms with E-state index in [0.717, 1.165) is 13.0 Å². The molecule has 0 heterocycles. The van der Waals surface area contributed by atoms with Crippen LogP contribution in [0.5, 0.6) is 0 Å². The van der Waals surface area contributed by atoms with Gasteiger partial charge in [-0.2, -0.15) is 0 Å². The van der Waals surface area contributed by atoms with Crippen LogP contribution in [0.2, 0.25) is 0 Å². The van der Waals surface area contributed by atoms with Gasteiger partial charge in [0.25, 0.3) is 0 Å². The molecule has 0 bridgehead atoms. The Labute approximate surface area is 163 Å². The average molecular weight is 395 g/mol. The van der Waals surface area contributed by atoms with Crippen LogP contribution >= 0.6 is 0 Å². The minimum Gasteiger partial charge on any atom is -0.463 e. The molecule has 0 aromatic heterocycles. The third-order valence-electron chi connectivity index (χ3n) is 3.29. The van der Waals surface area contributed by atoms with Crippen molar-refractivity contribution in [1.82, 2.24) is 0 Å². The van der Waals surface area contributed by atoms with Crippen molar-refractivity contribution in [2.45, 2.75) is 33.1 Å². The zero-order valence-electron chi connectivity index (χ0n) is 17.1. The molecule has 0 N–H and O–H groups in total. The average Bonchev–Trinajstić information content (AvgIpc) is 2.65. The summed E-state index contributed by atoms with van der Waals surface area (Å²) in [4.78, 5) is 10.5. The lowest BCUT2D eigenvalue weighted by Gasteiger charge is -2.08. The van der Waals surface area contributed by atoms with Crippen LogP contribution in [0, 0.1) is 0 Å². The number of ether oxygens (including phenoxy) is 7. The van der Waals surface area contributed by atoms with E-state index < -0.39 is 0 Å². The van der Waals surface area contributed by atoms with E-state index in [1.807, 2.05) is 0 Å². The van der Waals surface area contributed by atoms with Gasteiger partial charge in [0.1, 0.15) is 6.61 Å². The number of unbranched alkanes of at least 4 members (excludes halogenated alkanes) is 2. The summed E-state index contributed by atoms with van der Waals surface area (Å²) in [6, 6.07) is 0. The molecule has 8 heteroatoms. The van der Waals surface area contributed by atoms with Gasteiger partial charge in [0.05, 0.1) is 72.7 Å². The van der Waals surface area contributed by atoms with E-state index in [1.165, 1.54) is 19.8 Å². The number of carbonyl (C=O) groups excluding carboxylic acids is 1. The fourth-order valence-electron chi connectivity index (χ4n) is 1.90. The Morgan fingerprint density at radius 2 is 0.852 bits per heavy atom. The molecule has 27 heavy (non-hydrogen) atoms. The maximum absolute atomic E-state index is 10.5. The Balaban J connectivity index is 2.98. The van der Waals surface area contributed by atoms with Gasteiger partial charge in [-0.15, -0.1) is 0 Å². The Kier molecular flexibility index (Phi) is 22.6. The molecule has 0 aromatic carbocycles. The SMILES string of the molecule is CCCCCOCCOCCOCCOCCOCCOCCOC(C)=O. The van der Waals surface area contributed by atoms with Crippen LogP contribution in [0.15, 0.2) is 0 Å². The predicted molar refractivity (Wildman–Crippen MR) is 101 cm³/mol. The molecular weight excluding hydrogens is 356 g/mol. The number of esters is 1. The van der Waals surface area contributed by atoms with Gasteiger partial charge in [0.15, 0.2) is 0 Å². The van der Waals surface area contributed by atoms with Crippen LogP contribution in [0.3, 0.4) is 0 Å². The summed E-state index contributed by atoms with van der Waals surface area (Å²) in [6.07, 6.45) is 3.55. The minimum absolute atomic E-state index is 0.274. The smallest absolute Gasteiger partial charge is 0.302 e. The van der Waals surface area contributed by atoms with Crippen molar-refractivity contribution in [3.8, 4) is 0 Å². The van der Waals surface area contributed by atoms with E-state index in [-0.39, 0.29) is 12.6 Å². The molecule has 0 aliphatic carbocycles. The first kappa shape index (κ1) is 26.2. The fourth-order valence-corrected chi connectivity index (χ4v) is 1.90. The number of hydrogen-bond donors (Lipinski definition) is 0. The summed E-state index contributed by atoms with van der Waals surface area (Å²) < 4.78 is 37.0. The summed E-state index contributed by atoms with van der Waals surface area (Å²) in [5.41, 5.74) is 0. The van der Waals surface area contributed by atoms with Crippen LogP contribution in [0.1, 0.15) is 33.1 Å². The third kappa shape index (κ3) is 25.2. The van der Waals surface area contributed by atoms with Crippen LogP contribution in [0.25, 0.3) is 0 Å². The zero-order chi connectivity index (χ0) is 19.8. The first-order valence-corrected chi connectivity index (χ1v) is 9.87. The van der Waals surface area contributed by atoms with Gasteiger partial charge in [0.2, 0.25) is 0 Å². The summed E-state index contributed by atoms with van der Waals surface area (Å²) in [5.74, 6) is -0.300. The Morgan fingerprint density at radius 3 is 1.19 bits per heavy atom. The van der Waals surface area contributed by atoms with E-state index in [1.54, 1.807) is 0 Å². The molecular formula is C19H38O8. The quantitative estimate of drug-likeness (QED) is 0.203. The van der Waals surface area contributed by atoms with Gasteiger partial charge < -0.3 is 33.2 Å². The van der Waals surface area contributed by atoms with E-state index >= 15 is 0 Å². The van der Waals surface area contributed by atoms with Crippen molar-refractivity contribution in [3.63, 3.8) is 0 Å². The predicted octanol–water partition coefficient (Wildman–Crippen LogP) is 1.84. The van der Waals surface area contributed by atoms with Crippen molar-refractivity contribution in [1.29, 1.82) is 0 Å². The van der Waals surface area contributed by atoms with Crippen LogP contribution in [-0.4, -0.2) is 91.9 Å². The molecule has 0 unspecified atom stereocenters. The van der Waals surface area contributed by atoms with Gasteiger partial charge in [-0.25, -0.2) is 0 Å². The van der Waals surface area contributed by atoms with Crippen molar-refractivity contribution in [3.05, 3.63) is 0 Å². The Hall–Kier alpha value is -0.770. The molecule has 0 saturated carbocycles. The lowest BCUT2D eigenvalue weighted by molar-refractivity contribution is -0.142. The fraction of sp³-hybridized carbons (Fsp3) is 0.947. The normalized spacial score (nSPS) is 11.0. The molecule has 0 rings (SSSR count). The van der Waals surface area contributed by atoms with E-state index in [4.69, 9.17) is 33.2 Å². The highest BCUT2D eigenvalue weighted by Gasteiger charge is 1.95. The second-order valence-corrected chi connectivity index (χ2v) is 5.72. The first-order chi connectivity index (χ1) is 13.3. The van der Waals surface area contributed by atoms with Crippen molar-refractivity contribution in [2.75, 3.05) is 85.9 Å². The topological polar surface area (TPSA) is 81.7 Å². The lowest BCUT2D eigenvalue weighted by atomic mass is 10.3. The van der Waals surface area contributed by atoms with Crippen molar-refractivity contribution < 1.29 is 38.0 Å². The molecule has 0 saturated heterocycles. The van der Waals surface area contributed by atoms with Gasteiger partial charge in [-0.3, -0.25) is 4.79 Å². The Morgan fingerprint density at radius 1 is 0.519 bits per heavy atom. The molecule has 0 radical (unpaired) electrons. The second-order valence-electron chi connectivity index (χ2n) is 5.72. The molecule has 0 fully saturated rings. The van der Waals surface area contributed by atoms with Crippen molar-refractivity contribution >= 4 is 5.97 Å². The maximum atomic E-state index is 10.5. The summed E-state index contributed by atoms with van der Waals surface area (Å²) in [7, 11) is 0. The molecule has 0 amide bonds. The van der Waals surface area contributed by atoms with Gasteiger partial charge in [0, 0.05) is 13.5 Å². The maximum Gasteiger partial charge on any atom is 0.302 e. The lowest BCUT2D eigenvalue weighted by Crippen LogP contribution is -2.14. The monoisotopic (exact) mass is 394 g/mol. The standard InChI is InChI=1S/C19H38O8/c1-3-4-5-6-21-7-8-22-9-10-23-11-12-24-13-14-25-15-16-26-17-18-27-19(2)20/h3-18H2,1-2H3. The molecule has 162 valence electrons. The minimum atomic E-state index is -0.300. The number of hydrogen-bond acceptors (Lipinski definition) is 8. The largest absolute Gasteiger partial charge is 0.463 e. The first-order valence-electron chi connectivity index (χ1n) is 9.87. The van der Waals surface area contributed by atoms with Crippen LogP contribution < -0.4 is 0 Å². The van der Waals surface area contributed by atoms with Gasteiger partial charge in [-0.1, -0.05) is 19.8 Å². The highest BCUT2D eigenvalue weighted by atomic mass is 16.6. The third-order valence-corrected chi connectivity index (χ3v) is 3.29. The molecule has 0 aliphatic rings. The number of carbonyl (C=O) groups is 1. The van der Waals surface area contributed by atoms with Gasteiger partial charge >= 0.3 is 5.97 Å². The highest BCUT2D eigenvalue weighted by Crippen LogP contribution is 1.93. The highest BCUT2D eigenvalue weighted by molar-refractivity contribution is 5.65. The molecule has 0 spiro atoms. The summed E-state index contributed by atoms with van der Waals surface area (Å²) in [5, 5.41) is 0. The van der Waals surface area contributed by atoms with E-state index in [9.17, 15) is 4.79 Å². The molecule has 0 atom stereocenters. The molecule has 0 aromatic rings. The zero-order valence-corrected chi connectivity index (χ0v) is 17.1. The number of rotatable bonds is 22. The van der Waals surface area contributed by atoms with E-state index in [2.05, 4.69) is 6.92 Å². The molecule has 8 nitrogen and oxygen atoms in total. The molecule has 0 aliphatic heterocycles.